The minimum absolute atomic E-state index is 0.0167. The monoisotopic (exact) mass is 370 g/mol. The quantitative estimate of drug-likeness (QED) is 0.769. The second-order valence-corrected chi connectivity index (χ2v) is 7.31. The zero-order valence-corrected chi connectivity index (χ0v) is 15.2. The number of benzene rings is 1. The van der Waals surface area contributed by atoms with Gasteiger partial charge in [-0.2, -0.15) is 0 Å². The number of nitrogens with one attached hydrogen (secondary N) is 2. The average Bonchev–Trinajstić information content (AvgIpc) is 3.35. The Kier molecular flexibility index (Phi) is 4.33. The minimum atomic E-state index is -0.429. The number of hydrogen-bond acceptors (Lipinski definition) is 4. The van der Waals surface area contributed by atoms with Gasteiger partial charge in [-0.15, -0.1) is 0 Å². The third-order valence-electron chi connectivity index (χ3n) is 5.13. The van der Waals surface area contributed by atoms with Gasteiger partial charge >= 0.3 is 6.03 Å². The van der Waals surface area contributed by atoms with Gasteiger partial charge in [-0.25, -0.2) is 4.79 Å². The fourth-order valence-electron chi connectivity index (χ4n) is 3.71. The molecule has 8 heteroatoms. The highest BCUT2D eigenvalue weighted by Crippen LogP contribution is 2.35. The number of nitrogens with zero attached hydrogens (tertiary/aromatic N) is 2. The van der Waals surface area contributed by atoms with Crippen molar-refractivity contribution < 1.29 is 19.2 Å². The topological polar surface area (TPSA) is 98.8 Å². The summed E-state index contributed by atoms with van der Waals surface area (Å²) < 4.78 is 0. The number of likely N-dealkylation sites (tertiary alicyclic amines) is 1. The van der Waals surface area contributed by atoms with E-state index in [2.05, 4.69) is 10.6 Å². The van der Waals surface area contributed by atoms with Crippen molar-refractivity contribution in [1.82, 2.24) is 15.1 Å². The highest BCUT2D eigenvalue weighted by molar-refractivity contribution is 6.22. The molecule has 1 aromatic carbocycles. The molecule has 4 rings (SSSR count). The first-order valence-electron chi connectivity index (χ1n) is 9.35. The van der Waals surface area contributed by atoms with Gasteiger partial charge < -0.3 is 15.5 Å². The van der Waals surface area contributed by atoms with E-state index in [-0.39, 0.29) is 29.8 Å². The molecule has 142 valence electrons. The van der Waals surface area contributed by atoms with Gasteiger partial charge in [0.05, 0.1) is 17.2 Å². The van der Waals surface area contributed by atoms with Crippen LogP contribution in [0.2, 0.25) is 0 Å². The van der Waals surface area contributed by atoms with Gasteiger partial charge in [0, 0.05) is 31.2 Å². The predicted molar refractivity (Wildman–Crippen MR) is 97.4 cm³/mol. The Morgan fingerprint density at radius 1 is 1.15 bits per heavy atom. The van der Waals surface area contributed by atoms with E-state index in [0.717, 1.165) is 19.3 Å². The zero-order chi connectivity index (χ0) is 19.1. The van der Waals surface area contributed by atoms with Crippen molar-refractivity contribution >= 4 is 29.4 Å². The predicted octanol–water partition coefficient (Wildman–Crippen LogP) is 1.58. The van der Waals surface area contributed by atoms with E-state index >= 15 is 0 Å². The van der Waals surface area contributed by atoms with Crippen LogP contribution in [0.15, 0.2) is 18.2 Å². The van der Waals surface area contributed by atoms with Crippen LogP contribution in [0.25, 0.3) is 0 Å². The van der Waals surface area contributed by atoms with Crippen LogP contribution in [0, 0.1) is 0 Å². The summed E-state index contributed by atoms with van der Waals surface area (Å²) in [5.74, 6) is -0.504. The van der Waals surface area contributed by atoms with Crippen LogP contribution >= 0.6 is 0 Å². The Morgan fingerprint density at radius 2 is 1.89 bits per heavy atom. The maximum atomic E-state index is 12.5. The number of anilines is 1. The zero-order valence-electron chi connectivity index (χ0n) is 15.2. The molecule has 0 aromatic heterocycles. The molecule has 1 saturated heterocycles. The lowest BCUT2D eigenvalue weighted by Crippen LogP contribution is -2.39. The standard InChI is InChI=1S/C19H22N4O4/c1-2-7-22-10-12(9-16(22)24)21-19(27)20-11-3-6-14-15(8-11)18(26)23(17(14)25)13-4-5-13/h3,6,8,12-13H,2,4-5,7,9-10H2,1H3,(H2,20,21,27)/t12-/m0/s1. The van der Waals surface area contributed by atoms with Crippen LogP contribution in [0.4, 0.5) is 10.5 Å². The maximum Gasteiger partial charge on any atom is 0.319 e. The SMILES string of the molecule is CCCN1C[C@@H](NC(=O)Nc2ccc3c(c2)C(=O)N(C2CC2)C3=O)CC1=O. The minimum Gasteiger partial charge on any atom is -0.341 e. The smallest absolute Gasteiger partial charge is 0.319 e. The molecule has 2 heterocycles. The second-order valence-electron chi connectivity index (χ2n) is 7.31. The summed E-state index contributed by atoms with van der Waals surface area (Å²) in [4.78, 5) is 52.0. The number of rotatable bonds is 5. The summed E-state index contributed by atoms with van der Waals surface area (Å²) in [6.07, 6.45) is 2.88. The number of carbonyl (C=O) groups is 4. The van der Waals surface area contributed by atoms with Crippen LogP contribution in [0.5, 0.6) is 0 Å². The van der Waals surface area contributed by atoms with Crippen LogP contribution in [-0.4, -0.2) is 58.7 Å². The molecule has 2 fully saturated rings. The molecule has 1 aromatic rings. The third kappa shape index (κ3) is 3.27. The maximum absolute atomic E-state index is 12.5. The van der Waals surface area contributed by atoms with Gasteiger partial charge in [-0.3, -0.25) is 19.3 Å². The highest BCUT2D eigenvalue weighted by Gasteiger charge is 2.44. The van der Waals surface area contributed by atoms with Gasteiger partial charge in [-0.05, 0) is 37.5 Å². The van der Waals surface area contributed by atoms with E-state index in [1.54, 1.807) is 23.1 Å². The molecule has 0 spiro atoms. The molecule has 1 aliphatic carbocycles. The molecule has 0 bridgehead atoms. The molecule has 5 amide bonds. The molecular formula is C19H22N4O4. The Bertz CT molecular complexity index is 833. The molecule has 1 atom stereocenters. The van der Waals surface area contributed by atoms with Crippen molar-refractivity contribution in [3.8, 4) is 0 Å². The lowest BCUT2D eigenvalue weighted by molar-refractivity contribution is -0.127. The van der Waals surface area contributed by atoms with Crippen LogP contribution in [0.1, 0.15) is 53.3 Å². The first-order chi connectivity index (χ1) is 13.0. The molecule has 0 unspecified atom stereocenters. The fourth-order valence-corrected chi connectivity index (χ4v) is 3.71. The Morgan fingerprint density at radius 3 is 2.59 bits per heavy atom. The number of fused-ring (bicyclic) bond motifs is 1. The Hall–Kier alpha value is -2.90. The lowest BCUT2D eigenvalue weighted by atomic mass is 10.1. The number of imide groups is 1. The largest absolute Gasteiger partial charge is 0.341 e. The highest BCUT2D eigenvalue weighted by atomic mass is 16.2. The Balaban J connectivity index is 1.40. The molecular weight excluding hydrogens is 348 g/mol. The van der Waals surface area contributed by atoms with E-state index in [9.17, 15) is 19.2 Å². The first-order valence-corrected chi connectivity index (χ1v) is 9.35. The molecule has 3 aliphatic rings. The summed E-state index contributed by atoms with van der Waals surface area (Å²) in [5.41, 5.74) is 1.16. The van der Waals surface area contributed by atoms with Gasteiger partial charge in [0.2, 0.25) is 5.91 Å². The molecule has 8 nitrogen and oxygen atoms in total. The van der Waals surface area contributed by atoms with E-state index in [0.29, 0.717) is 36.3 Å². The Labute approximate surface area is 156 Å². The van der Waals surface area contributed by atoms with Crippen LogP contribution < -0.4 is 10.6 Å². The van der Waals surface area contributed by atoms with Crippen LogP contribution in [0.3, 0.4) is 0 Å². The number of carbonyl (C=O) groups excluding carboxylic acids is 4. The molecule has 0 radical (unpaired) electrons. The molecule has 1 saturated carbocycles. The average molecular weight is 370 g/mol. The first kappa shape index (κ1) is 17.5. The summed E-state index contributed by atoms with van der Waals surface area (Å²) >= 11 is 0. The van der Waals surface area contributed by atoms with Crippen molar-refractivity contribution in [3.63, 3.8) is 0 Å². The second kappa shape index (κ2) is 6.68. The van der Waals surface area contributed by atoms with Gasteiger partial charge in [0.1, 0.15) is 0 Å². The van der Waals surface area contributed by atoms with Crippen molar-refractivity contribution in [3.05, 3.63) is 29.3 Å². The molecule has 2 aliphatic heterocycles. The summed E-state index contributed by atoms with van der Waals surface area (Å²) in [6.45, 7) is 3.20. The van der Waals surface area contributed by atoms with Gasteiger partial charge in [0.25, 0.3) is 11.8 Å². The van der Waals surface area contributed by atoms with Crippen LogP contribution in [-0.2, 0) is 4.79 Å². The normalized spacial score (nSPS) is 21.7. The third-order valence-corrected chi connectivity index (χ3v) is 5.13. The van der Waals surface area contributed by atoms with E-state index in [1.807, 2.05) is 6.92 Å². The van der Waals surface area contributed by atoms with Gasteiger partial charge in [-0.1, -0.05) is 6.92 Å². The van der Waals surface area contributed by atoms with Crippen molar-refractivity contribution in [2.24, 2.45) is 0 Å². The van der Waals surface area contributed by atoms with Crippen molar-refractivity contribution in [2.45, 2.75) is 44.7 Å². The van der Waals surface area contributed by atoms with Gasteiger partial charge in [0.15, 0.2) is 0 Å². The molecule has 2 N–H and O–H groups in total. The van der Waals surface area contributed by atoms with Crippen molar-refractivity contribution in [2.75, 3.05) is 18.4 Å². The van der Waals surface area contributed by atoms with Crippen molar-refractivity contribution in [1.29, 1.82) is 0 Å². The number of hydrogen-bond donors (Lipinski definition) is 2. The summed E-state index contributed by atoms with van der Waals surface area (Å²) in [6, 6.07) is 4.09. The summed E-state index contributed by atoms with van der Waals surface area (Å²) in [5, 5.41) is 5.49. The van der Waals surface area contributed by atoms with E-state index in [4.69, 9.17) is 0 Å². The number of urea groups is 1. The summed E-state index contributed by atoms with van der Waals surface area (Å²) in [7, 11) is 0. The lowest BCUT2D eigenvalue weighted by Gasteiger charge is -2.16. The number of amides is 5. The fraction of sp³-hybridized carbons (Fsp3) is 0.474. The van der Waals surface area contributed by atoms with E-state index < -0.39 is 6.03 Å². The molecule has 27 heavy (non-hydrogen) atoms. The van der Waals surface area contributed by atoms with E-state index in [1.165, 1.54) is 4.90 Å².